The fraction of sp³-hybridized carbons (Fsp3) is 0.526. The number of likely N-dealkylation sites (tertiary alicyclic amines) is 1. The molecule has 26 heavy (non-hydrogen) atoms. The van der Waals surface area contributed by atoms with Gasteiger partial charge in [-0.1, -0.05) is 12.2 Å². The smallest absolute Gasteiger partial charge is 0.261 e. The van der Waals surface area contributed by atoms with Gasteiger partial charge in [-0.25, -0.2) is 0 Å². The molecule has 0 saturated carbocycles. The number of phenols is 1. The lowest BCUT2D eigenvalue weighted by molar-refractivity contribution is -0.116. The number of hydrogen-bond acceptors (Lipinski definition) is 6. The van der Waals surface area contributed by atoms with Crippen molar-refractivity contribution in [1.82, 2.24) is 4.90 Å². The van der Waals surface area contributed by atoms with Gasteiger partial charge in [0.25, 0.3) is 5.91 Å². The van der Waals surface area contributed by atoms with Crippen LogP contribution in [-0.2, 0) is 16.6 Å². The van der Waals surface area contributed by atoms with Crippen molar-refractivity contribution in [1.29, 1.82) is 0 Å². The van der Waals surface area contributed by atoms with Crippen molar-refractivity contribution < 1.29 is 19.7 Å². The third-order valence-corrected chi connectivity index (χ3v) is 6.55. The highest BCUT2D eigenvalue weighted by Crippen LogP contribution is 2.63. The largest absolute Gasteiger partial charge is 0.504 e. The number of benzene rings is 1. The van der Waals surface area contributed by atoms with Gasteiger partial charge in [0.15, 0.2) is 11.5 Å². The number of amides is 1. The molecule has 7 nitrogen and oxygen atoms in total. The van der Waals surface area contributed by atoms with E-state index in [1.165, 1.54) is 13.0 Å². The molecule has 1 aromatic carbocycles. The van der Waals surface area contributed by atoms with Crippen molar-refractivity contribution >= 4 is 11.6 Å². The molecule has 1 fully saturated rings. The van der Waals surface area contributed by atoms with Crippen LogP contribution in [0.25, 0.3) is 0 Å². The molecule has 1 spiro atoms. The van der Waals surface area contributed by atoms with Crippen LogP contribution in [0.1, 0.15) is 24.5 Å². The van der Waals surface area contributed by atoms with Gasteiger partial charge in [-0.2, -0.15) is 0 Å². The quantitative estimate of drug-likeness (QED) is 0.592. The Labute approximate surface area is 151 Å². The van der Waals surface area contributed by atoms with Gasteiger partial charge in [0, 0.05) is 35.9 Å². The third kappa shape index (κ3) is 1.82. The minimum Gasteiger partial charge on any atom is -0.504 e. The summed E-state index contributed by atoms with van der Waals surface area (Å²) in [6, 6.07) is 1.78. The lowest BCUT2D eigenvalue weighted by Crippen LogP contribution is -2.64. The predicted octanol–water partition coefficient (Wildman–Crippen LogP) is 1.83. The molecule has 2 bridgehead atoms. The topological polar surface area (TPSA) is 94.7 Å². The van der Waals surface area contributed by atoms with Gasteiger partial charge in [0.2, 0.25) is 0 Å². The molecular formula is C19H21N3O4. The number of carbonyl (C=O) groups is 1. The number of ether oxygens (including phenoxy) is 1. The lowest BCUT2D eigenvalue weighted by Gasteiger charge is -2.56. The molecule has 0 radical (unpaired) electrons. The summed E-state index contributed by atoms with van der Waals surface area (Å²) >= 11 is 0. The first kappa shape index (κ1) is 16.0. The van der Waals surface area contributed by atoms with Gasteiger partial charge in [-0.05, 0) is 32.0 Å². The Morgan fingerprint density at radius 3 is 3.00 bits per heavy atom. The van der Waals surface area contributed by atoms with E-state index in [0.717, 1.165) is 30.5 Å². The van der Waals surface area contributed by atoms with Gasteiger partial charge >= 0.3 is 0 Å². The monoisotopic (exact) mass is 355 g/mol. The molecule has 0 unspecified atom stereocenters. The first-order chi connectivity index (χ1) is 12.4. The maximum atomic E-state index is 11.3. The summed E-state index contributed by atoms with van der Waals surface area (Å²) in [6.45, 7) is 2.25. The Balaban J connectivity index is 1.80. The molecule has 1 saturated heterocycles. The number of nitrogens with zero attached hydrogens (tertiary/aromatic N) is 3. The molecule has 4 aliphatic rings. The second kappa shape index (κ2) is 5.14. The molecule has 2 aliphatic heterocycles. The number of rotatable bonds is 1. The number of aliphatic hydroxyl groups is 1. The molecule has 2 aliphatic carbocycles. The summed E-state index contributed by atoms with van der Waals surface area (Å²) in [5, 5.41) is 28.9. The third-order valence-electron chi connectivity index (χ3n) is 6.55. The molecule has 0 aromatic heterocycles. The molecule has 5 atom stereocenters. The minimum absolute atomic E-state index is 0.00615. The van der Waals surface area contributed by atoms with E-state index in [1.807, 2.05) is 6.08 Å². The predicted molar refractivity (Wildman–Crippen MR) is 92.8 cm³/mol. The first-order valence-electron chi connectivity index (χ1n) is 8.98. The van der Waals surface area contributed by atoms with Gasteiger partial charge in [-0.15, -0.1) is 10.2 Å². The summed E-state index contributed by atoms with van der Waals surface area (Å²) in [7, 11) is 2.12. The maximum absolute atomic E-state index is 11.3. The zero-order chi connectivity index (χ0) is 18.2. The van der Waals surface area contributed by atoms with Crippen LogP contribution < -0.4 is 4.74 Å². The molecule has 1 amide bonds. The maximum Gasteiger partial charge on any atom is 0.261 e. The summed E-state index contributed by atoms with van der Waals surface area (Å²) < 4.78 is 6.13. The fourth-order valence-electron chi connectivity index (χ4n) is 5.52. The average Bonchev–Trinajstić information content (AvgIpc) is 2.95. The Kier molecular flexibility index (Phi) is 3.16. The van der Waals surface area contributed by atoms with Gasteiger partial charge in [0.05, 0.1) is 5.69 Å². The summed E-state index contributed by atoms with van der Waals surface area (Å²) in [5.74, 6) is 0.283. The van der Waals surface area contributed by atoms with Gasteiger partial charge < -0.3 is 19.8 Å². The zero-order valence-corrected chi connectivity index (χ0v) is 14.7. The van der Waals surface area contributed by atoms with Crippen molar-refractivity contribution in [3.8, 4) is 11.5 Å². The van der Waals surface area contributed by atoms with Gasteiger partial charge in [-0.3, -0.25) is 4.79 Å². The van der Waals surface area contributed by atoms with E-state index >= 15 is 0 Å². The normalized spacial score (nSPS) is 36.9. The highest BCUT2D eigenvalue weighted by Gasteiger charge is 2.64. The van der Waals surface area contributed by atoms with Crippen molar-refractivity contribution in [3.63, 3.8) is 0 Å². The van der Waals surface area contributed by atoms with E-state index in [4.69, 9.17) is 4.74 Å². The number of piperidine rings is 1. The summed E-state index contributed by atoms with van der Waals surface area (Å²) in [6.07, 6.45) is 4.40. The Hall–Kier alpha value is -2.25. The van der Waals surface area contributed by atoms with E-state index in [9.17, 15) is 15.0 Å². The van der Waals surface area contributed by atoms with Crippen molar-refractivity contribution in [2.75, 3.05) is 13.6 Å². The Bertz CT molecular complexity index is 880. The number of azo groups is 1. The second-order valence-electron chi connectivity index (χ2n) is 7.80. The van der Waals surface area contributed by atoms with Crippen molar-refractivity contribution in [3.05, 3.63) is 29.3 Å². The minimum atomic E-state index is -0.713. The molecule has 5 rings (SSSR count). The number of carbonyl (C=O) groups excluding carboxylic acids is 1. The Morgan fingerprint density at radius 1 is 1.42 bits per heavy atom. The van der Waals surface area contributed by atoms with Crippen LogP contribution in [0.5, 0.6) is 11.5 Å². The SMILES string of the molecule is CC(=O)N=Nc1cc(O)c2c3c1C[C@@H]1[C@@H]4C=C[C@H](O)[C@H](O2)[C@]34CCN1C. The zero-order valence-electron chi connectivity index (χ0n) is 14.7. The van der Waals surface area contributed by atoms with Crippen LogP contribution in [0, 0.1) is 5.92 Å². The second-order valence-corrected chi connectivity index (χ2v) is 7.80. The van der Waals surface area contributed by atoms with E-state index < -0.39 is 12.2 Å². The summed E-state index contributed by atoms with van der Waals surface area (Å²) in [4.78, 5) is 13.6. The molecule has 136 valence electrons. The Morgan fingerprint density at radius 2 is 2.23 bits per heavy atom. The van der Waals surface area contributed by atoms with Crippen LogP contribution in [0.2, 0.25) is 0 Å². The number of likely N-dealkylation sites (N-methyl/N-ethyl adjacent to an activating group) is 1. The highest BCUT2D eigenvalue weighted by molar-refractivity contribution is 5.74. The number of aliphatic hydroxyl groups excluding tert-OH is 1. The molecule has 1 aromatic rings. The van der Waals surface area contributed by atoms with Crippen molar-refractivity contribution in [2.45, 2.75) is 43.4 Å². The number of phenolic OH excluding ortho intramolecular Hbond substituents is 1. The molecule has 2 heterocycles. The highest BCUT2D eigenvalue weighted by atomic mass is 16.5. The van der Waals surface area contributed by atoms with Crippen LogP contribution in [0.3, 0.4) is 0 Å². The molecular weight excluding hydrogens is 334 g/mol. The number of hydrogen-bond donors (Lipinski definition) is 2. The molecule has 7 heteroatoms. The van der Waals surface area contributed by atoms with Crippen LogP contribution in [0.4, 0.5) is 5.69 Å². The first-order valence-corrected chi connectivity index (χ1v) is 8.98. The standard InChI is InChI=1S/C19H21N3O4/c1-9(23)20-21-12-8-15(25)17-16-10(12)7-13-11-3-4-14(24)18(26-17)19(11,16)5-6-22(13)2/h3-4,8,11,13-14,18,24-25H,5-7H2,1-2H3/t11-,13+,14-,18-,19-/m0/s1. The van der Waals surface area contributed by atoms with E-state index in [0.29, 0.717) is 11.4 Å². The van der Waals surface area contributed by atoms with E-state index in [1.54, 1.807) is 0 Å². The fourth-order valence-corrected chi connectivity index (χ4v) is 5.52. The van der Waals surface area contributed by atoms with Crippen LogP contribution in [-0.4, -0.2) is 52.9 Å². The number of aromatic hydroxyl groups is 1. The van der Waals surface area contributed by atoms with Crippen LogP contribution >= 0.6 is 0 Å². The van der Waals surface area contributed by atoms with Gasteiger partial charge in [0.1, 0.15) is 12.2 Å². The lowest BCUT2D eigenvalue weighted by atomic mass is 9.53. The van der Waals surface area contributed by atoms with Crippen molar-refractivity contribution in [2.24, 2.45) is 16.1 Å². The van der Waals surface area contributed by atoms with E-state index in [-0.39, 0.29) is 29.0 Å². The average molecular weight is 355 g/mol. The summed E-state index contributed by atoms with van der Waals surface area (Å²) in [5.41, 5.74) is 2.08. The van der Waals surface area contributed by atoms with Crippen LogP contribution in [0.15, 0.2) is 28.4 Å². The van der Waals surface area contributed by atoms with E-state index in [2.05, 4.69) is 28.3 Å². The molecule has 2 N–H and O–H groups in total.